The molecular formula is C29H26. The van der Waals surface area contributed by atoms with Crippen LogP contribution in [0.1, 0.15) is 40.3 Å². The summed E-state index contributed by atoms with van der Waals surface area (Å²) in [6.07, 6.45) is 0. The van der Waals surface area contributed by atoms with Crippen molar-refractivity contribution in [1.29, 1.82) is 0 Å². The minimum atomic E-state index is -0.287. The van der Waals surface area contributed by atoms with Gasteiger partial charge in [-0.05, 0) is 52.8 Å². The Bertz CT molecular complexity index is 1080. The molecule has 0 saturated carbocycles. The van der Waals surface area contributed by atoms with Crippen molar-refractivity contribution in [2.45, 2.75) is 19.3 Å². The smallest absolute Gasteiger partial charge is 0.0429 e. The van der Waals surface area contributed by atoms with Gasteiger partial charge in [-0.3, -0.25) is 0 Å². The Morgan fingerprint density at radius 3 is 1.59 bits per heavy atom. The lowest BCUT2D eigenvalue weighted by Gasteiger charge is -2.34. The maximum atomic E-state index is 4.52. The van der Waals surface area contributed by atoms with Crippen molar-refractivity contribution in [2.75, 3.05) is 0 Å². The van der Waals surface area contributed by atoms with Gasteiger partial charge in [-0.2, -0.15) is 0 Å². The lowest BCUT2D eigenvalue weighted by molar-refractivity contribution is 0.690. The Hall–Kier alpha value is -3.38. The lowest BCUT2D eigenvalue weighted by Crippen LogP contribution is -2.26. The summed E-state index contributed by atoms with van der Waals surface area (Å²) in [6, 6.07) is 38.7. The van der Waals surface area contributed by atoms with Crippen LogP contribution in [0.25, 0.3) is 5.57 Å². The normalized spacial score (nSPS) is 11.2. The molecule has 0 spiro atoms. The summed E-state index contributed by atoms with van der Waals surface area (Å²) < 4.78 is 0. The highest BCUT2D eigenvalue weighted by Crippen LogP contribution is 2.42. The van der Waals surface area contributed by atoms with Gasteiger partial charge in [-0.1, -0.05) is 116 Å². The van der Waals surface area contributed by atoms with Crippen LogP contribution in [0.15, 0.2) is 116 Å². The molecule has 4 rings (SSSR count). The lowest BCUT2D eigenvalue weighted by atomic mass is 9.68. The second kappa shape index (κ2) is 7.93. The predicted molar refractivity (Wildman–Crippen MR) is 124 cm³/mol. The van der Waals surface area contributed by atoms with Gasteiger partial charge in [0.05, 0.1) is 0 Å². The first kappa shape index (κ1) is 19.0. The van der Waals surface area contributed by atoms with E-state index in [1.54, 1.807) is 0 Å². The van der Waals surface area contributed by atoms with E-state index >= 15 is 0 Å². The molecular weight excluding hydrogens is 348 g/mol. The molecule has 0 amide bonds. The Morgan fingerprint density at radius 1 is 0.586 bits per heavy atom. The molecule has 0 saturated heterocycles. The topological polar surface area (TPSA) is 0 Å². The SMILES string of the molecule is C=C(c1ccccc1C)c1ccccc1C(C)(c1ccccc1)c1ccccc1. The molecule has 0 heteroatoms. The average molecular weight is 375 g/mol. The number of rotatable bonds is 5. The van der Waals surface area contributed by atoms with Gasteiger partial charge in [-0.25, -0.2) is 0 Å². The largest absolute Gasteiger partial charge is 0.0905 e. The molecule has 0 aliphatic carbocycles. The van der Waals surface area contributed by atoms with Gasteiger partial charge in [0.2, 0.25) is 0 Å². The fourth-order valence-electron chi connectivity index (χ4n) is 4.26. The van der Waals surface area contributed by atoms with Crippen molar-refractivity contribution in [2.24, 2.45) is 0 Å². The van der Waals surface area contributed by atoms with Gasteiger partial charge in [0.15, 0.2) is 0 Å². The van der Waals surface area contributed by atoms with E-state index in [9.17, 15) is 0 Å². The standard InChI is InChI=1S/C29H26/c1-22-14-10-11-19-26(22)23(2)27-20-12-13-21-28(27)29(3,24-15-6-4-7-16-24)25-17-8-5-9-18-25/h4-21H,2H2,1,3H3. The van der Waals surface area contributed by atoms with Gasteiger partial charge in [0, 0.05) is 5.41 Å². The molecule has 4 aromatic carbocycles. The molecule has 0 aliphatic rings. The van der Waals surface area contributed by atoms with Crippen molar-refractivity contribution in [3.05, 3.63) is 149 Å². The van der Waals surface area contributed by atoms with Crippen LogP contribution in [0.2, 0.25) is 0 Å². The Labute approximate surface area is 174 Å². The van der Waals surface area contributed by atoms with Crippen LogP contribution in [0.5, 0.6) is 0 Å². The maximum absolute atomic E-state index is 4.52. The molecule has 29 heavy (non-hydrogen) atoms. The number of aryl methyl sites for hydroxylation is 1. The molecule has 0 heterocycles. The van der Waals surface area contributed by atoms with E-state index in [2.05, 4.69) is 130 Å². The molecule has 0 aromatic heterocycles. The van der Waals surface area contributed by atoms with E-state index in [1.807, 2.05) is 0 Å². The number of hydrogen-bond acceptors (Lipinski definition) is 0. The van der Waals surface area contributed by atoms with Crippen LogP contribution in [0.3, 0.4) is 0 Å². The fourth-order valence-corrected chi connectivity index (χ4v) is 4.26. The van der Waals surface area contributed by atoms with Gasteiger partial charge in [0.1, 0.15) is 0 Å². The number of hydrogen-bond donors (Lipinski definition) is 0. The minimum Gasteiger partial charge on any atom is -0.0905 e. The quantitative estimate of drug-likeness (QED) is 0.319. The second-order valence-electron chi connectivity index (χ2n) is 7.70. The zero-order valence-electron chi connectivity index (χ0n) is 17.1. The molecule has 0 atom stereocenters. The molecule has 0 fully saturated rings. The molecule has 0 nitrogen and oxygen atoms in total. The van der Waals surface area contributed by atoms with Crippen LogP contribution in [0.4, 0.5) is 0 Å². The van der Waals surface area contributed by atoms with Gasteiger partial charge < -0.3 is 0 Å². The van der Waals surface area contributed by atoms with Crippen molar-refractivity contribution in [3.63, 3.8) is 0 Å². The van der Waals surface area contributed by atoms with Gasteiger partial charge in [0.25, 0.3) is 0 Å². The fraction of sp³-hybridized carbons (Fsp3) is 0.103. The van der Waals surface area contributed by atoms with Crippen LogP contribution in [-0.2, 0) is 5.41 Å². The summed E-state index contributed by atoms with van der Waals surface area (Å²) in [6.45, 7) is 8.99. The van der Waals surface area contributed by atoms with Crippen LogP contribution < -0.4 is 0 Å². The highest BCUT2D eigenvalue weighted by molar-refractivity contribution is 5.82. The summed E-state index contributed by atoms with van der Waals surface area (Å²) in [5, 5.41) is 0. The Kier molecular flexibility index (Phi) is 5.18. The molecule has 142 valence electrons. The monoisotopic (exact) mass is 374 g/mol. The van der Waals surface area contributed by atoms with E-state index in [1.165, 1.54) is 33.4 Å². The van der Waals surface area contributed by atoms with Crippen molar-refractivity contribution in [3.8, 4) is 0 Å². The maximum Gasteiger partial charge on any atom is 0.0429 e. The first-order valence-corrected chi connectivity index (χ1v) is 10.1. The summed E-state index contributed by atoms with van der Waals surface area (Å²) in [5.74, 6) is 0. The molecule has 4 aromatic rings. The molecule has 0 bridgehead atoms. The van der Waals surface area contributed by atoms with Crippen LogP contribution in [0, 0.1) is 6.92 Å². The minimum absolute atomic E-state index is 0.287. The number of benzene rings is 4. The molecule has 0 unspecified atom stereocenters. The third-order valence-corrected chi connectivity index (χ3v) is 5.96. The third kappa shape index (κ3) is 3.43. The van der Waals surface area contributed by atoms with Crippen molar-refractivity contribution < 1.29 is 0 Å². The average Bonchev–Trinajstić information content (AvgIpc) is 2.79. The van der Waals surface area contributed by atoms with E-state index in [4.69, 9.17) is 0 Å². The first-order chi connectivity index (χ1) is 14.1. The third-order valence-electron chi connectivity index (χ3n) is 5.96. The Balaban J connectivity index is 1.97. The van der Waals surface area contributed by atoms with Gasteiger partial charge >= 0.3 is 0 Å². The zero-order chi connectivity index (χ0) is 20.3. The molecule has 0 radical (unpaired) electrons. The summed E-state index contributed by atoms with van der Waals surface area (Å²) >= 11 is 0. The van der Waals surface area contributed by atoms with E-state index in [0.29, 0.717) is 0 Å². The highest BCUT2D eigenvalue weighted by Gasteiger charge is 2.33. The van der Waals surface area contributed by atoms with Crippen molar-refractivity contribution in [1.82, 2.24) is 0 Å². The van der Waals surface area contributed by atoms with Crippen molar-refractivity contribution >= 4 is 5.57 Å². The summed E-state index contributed by atoms with van der Waals surface area (Å²) in [5.41, 5.74) is 8.23. The zero-order valence-corrected chi connectivity index (χ0v) is 17.1. The summed E-state index contributed by atoms with van der Waals surface area (Å²) in [4.78, 5) is 0. The predicted octanol–water partition coefficient (Wildman–Crippen LogP) is 7.41. The molecule has 0 aliphatic heterocycles. The van der Waals surface area contributed by atoms with Crippen LogP contribution >= 0.6 is 0 Å². The van der Waals surface area contributed by atoms with Crippen LogP contribution in [-0.4, -0.2) is 0 Å². The van der Waals surface area contributed by atoms with Gasteiger partial charge in [-0.15, -0.1) is 0 Å². The molecule has 0 N–H and O–H groups in total. The first-order valence-electron chi connectivity index (χ1n) is 10.1. The highest BCUT2D eigenvalue weighted by atomic mass is 14.4. The van der Waals surface area contributed by atoms with E-state index in [-0.39, 0.29) is 5.41 Å². The Morgan fingerprint density at radius 2 is 1.03 bits per heavy atom. The van der Waals surface area contributed by atoms with E-state index < -0.39 is 0 Å². The summed E-state index contributed by atoms with van der Waals surface area (Å²) in [7, 11) is 0. The second-order valence-corrected chi connectivity index (χ2v) is 7.70. The van der Waals surface area contributed by atoms with E-state index in [0.717, 1.165) is 5.57 Å².